The molecule has 2 aliphatic heterocycles. The van der Waals surface area contributed by atoms with Gasteiger partial charge in [-0.3, -0.25) is 4.79 Å². The lowest BCUT2D eigenvalue weighted by atomic mass is 10.1. The minimum absolute atomic E-state index is 0.0108. The number of rotatable bonds is 7. The molecule has 0 bridgehead atoms. The first kappa shape index (κ1) is 24.8. The van der Waals surface area contributed by atoms with Crippen LogP contribution in [0.25, 0.3) is 22.2 Å². The van der Waals surface area contributed by atoms with Gasteiger partial charge in [-0.25, -0.2) is 8.42 Å². The first-order valence-corrected chi connectivity index (χ1v) is 14.0. The van der Waals surface area contributed by atoms with Crippen LogP contribution in [0.1, 0.15) is 24.8 Å². The highest BCUT2D eigenvalue weighted by Gasteiger charge is 2.30. The number of carbonyl (C=O) groups is 1. The maximum absolute atomic E-state index is 13.5. The van der Waals surface area contributed by atoms with Crippen LogP contribution >= 0.6 is 0 Å². The van der Waals surface area contributed by atoms with E-state index in [0.717, 1.165) is 70.1 Å². The third-order valence-electron chi connectivity index (χ3n) is 7.38. The number of carbonyl (C=O) groups excluding carboxylic acids is 1. The first-order valence-electron chi connectivity index (χ1n) is 12.5. The summed E-state index contributed by atoms with van der Waals surface area (Å²) in [6.07, 6.45) is 3.02. The van der Waals surface area contributed by atoms with Gasteiger partial charge in [-0.05, 0) is 62.1 Å². The number of aryl methyl sites for hydroxylation is 1. The standard InChI is InChI=1S/C27H34N4O4S/c1-19-6-7-20-15-25(28-24(20)14-19)23-16-22(8-9-26(23)30-11-4-5-12-30)36(33,34)29(2)18-27(32)31-13-10-21(17-31)35-3/h6-9,14-16,21,28H,4-5,10-13,17-18H2,1-3H3. The van der Waals surface area contributed by atoms with E-state index in [4.69, 9.17) is 4.74 Å². The molecule has 9 heteroatoms. The quantitative estimate of drug-likeness (QED) is 0.525. The number of ether oxygens (including phenoxy) is 1. The fourth-order valence-electron chi connectivity index (χ4n) is 5.21. The number of hydrogen-bond acceptors (Lipinski definition) is 5. The summed E-state index contributed by atoms with van der Waals surface area (Å²) in [6.45, 7) is 4.83. The number of aromatic amines is 1. The summed E-state index contributed by atoms with van der Waals surface area (Å²) in [5.41, 5.74) is 4.95. The third kappa shape index (κ3) is 4.75. The predicted molar refractivity (Wildman–Crippen MR) is 142 cm³/mol. The van der Waals surface area contributed by atoms with Crippen molar-refractivity contribution in [3.8, 4) is 11.3 Å². The fraction of sp³-hybridized carbons (Fsp3) is 0.444. The number of sulfonamides is 1. The molecule has 1 atom stereocenters. The van der Waals surface area contributed by atoms with Gasteiger partial charge in [-0.1, -0.05) is 12.1 Å². The van der Waals surface area contributed by atoms with Crippen LogP contribution in [-0.4, -0.2) is 81.5 Å². The Morgan fingerprint density at radius 3 is 2.61 bits per heavy atom. The summed E-state index contributed by atoms with van der Waals surface area (Å²) in [4.78, 5) is 20.5. The van der Waals surface area contributed by atoms with E-state index in [-0.39, 0.29) is 23.5 Å². The molecule has 0 aliphatic carbocycles. The maximum Gasteiger partial charge on any atom is 0.243 e. The Morgan fingerprint density at radius 1 is 1.11 bits per heavy atom. The van der Waals surface area contributed by atoms with Gasteiger partial charge in [-0.2, -0.15) is 4.31 Å². The van der Waals surface area contributed by atoms with Crippen molar-refractivity contribution < 1.29 is 17.9 Å². The maximum atomic E-state index is 13.5. The molecule has 2 saturated heterocycles. The van der Waals surface area contributed by atoms with Crippen molar-refractivity contribution in [1.29, 1.82) is 0 Å². The summed E-state index contributed by atoms with van der Waals surface area (Å²) >= 11 is 0. The lowest BCUT2D eigenvalue weighted by Crippen LogP contribution is -2.40. The lowest BCUT2D eigenvalue weighted by molar-refractivity contribution is -0.130. The zero-order chi connectivity index (χ0) is 25.4. The second kappa shape index (κ2) is 9.88. The van der Waals surface area contributed by atoms with Crippen molar-refractivity contribution in [2.75, 3.05) is 51.8 Å². The monoisotopic (exact) mass is 510 g/mol. The molecule has 3 heterocycles. The van der Waals surface area contributed by atoms with Gasteiger partial charge in [0.05, 0.1) is 17.5 Å². The predicted octanol–water partition coefficient (Wildman–Crippen LogP) is 3.61. The van der Waals surface area contributed by atoms with Crippen LogP contribution in [-0.2, 0) is 19.6 Å². The van der Waals surface area contributed by atoms with E-state index in [1.54, 1.807) is 24.1 Å². The average Bonchev–Trinajstić information content (AvgIpc) is 3.64. The van der Waals surface area contributed by atoms with E-state index in [9.17, 15) is 13.2 Å². The van der Waals surface area contributed by atoms with Gasteiger partial charge in [0.1, 0.15) is 0 Å². The summed E-state index contributed by atoms with van der Waals surface area (Å²) in [6, 6.07) is 13.6. The molecule has 8 nitrogen and oxygen atoms in total. The van der Waals surface area contributed by atoms with Gasteiger partial charge >= 0.3 is 0 Å². The Morgan fingerprint density at radius 2 is 1.89 bits per heavy atom. The van der Waals surface area contributed by atoms with Crippen molar-refractivity contribution >= 4 is 32.5 Å². The Kier molecular flexibility index (Phi) is 6.80. The number of H-pyrrole nitrogens is 1. The molecule has 3 aromatic rings. The van der Waals surface area contributed by atoms with Crippen molar-refractivity contribution in [2.24, 2.45) is 0 Å². The highest BCUT2D eigenvalue weighted by Crippen LogP contribution is 2.36. The molecule has 0 saturated carbocycles. The summed E-state index contributed by atoms with van der Waals surface area (Å²) in [5.74, 6) is -0.208. The van der Waals surface area contributed by atoms with Crippen molar-refractivity contribution in [3.63, 3.8) is 0 Å². The molecule has 1 unspecified atom stereocenters. The highest BCUT2D eigenvalue weighted by atomic mass is 32.2. The van der Waals surface area contributed by atoms with E-state index < -0.39 is 10.0 Å². The lowest BCUT2D eigenvalue weighted by Gasteiger charge is -2.24. The Bertz CT molecular complexity index is 1380. The first-order chi connectivity index (χ1) is 17.3. The number of benzene rings is 2. The van der Waals surface area contributed by atoms with E-state index in [1.165, 1.54) is 7.05 Å². The van der Waals surface area contributed by atoms with Crippen LogP contribution in [0.4, 0.5) is 5.69 Å². The van der Waals surface area contributed by atoms with E-state index >= 15 is 0 Å². The molecule has 1 N–H and O–H groups in total. The number of amides is 1. The molecule has 5 rings (SSSR count). The normalized spacial score (nSPS) is 18.6. The van der Waals surface area contributed by atoms with Gasteiger partial charge in [0.2, 0.25) is 15.9 Å². The number of likely N-dealkylation sites (tertiary alicyclic amines) is 1. The highest BCUT2D eigenvalue weighted by molar-refractivity contribution is 7.89. The number of nitrogens with zero attached hydrogens (tertiary/aromatic N) is 3. The van der Waals surface area contributed by atoms with Crippen LogP contribution in [0.15, 0.2) is 47.4 Å². The molecular weight excluding hydrogens is 476 g/mol. The number of likely N-dealkylation sites (N-methyl/N-ethyl adjacent to an activating group) is 1. The number of anilines is 1. The Hall–Kier alpha value is -2.88. The fourth-order valence-corrected chi connectivity index (χ4v) is 6.36. The minimum Gasteiger partial charge on any atom is -0.380 e. The summed E-state index contributed by atoms with van der Waals surface area (Å²) in [7, 11) is -0.767. The van der Waals surface area contributed by atoms with Gasteiger partial charge in [0, 0.05) is 68.2 Å². The Labute approximate surface area is 212 Å². The SMILES string of the molecule is COC1CCN(C(=O)CN(C)S(=O)(=O)c2ccc(N3CCCC3)c(-c3cc4ccc(C)cc4[nH]3)c2)C1. The van der Waals surface area contributed by atoms with Gasteiger partial charge < -0.3 is 19.5 Å². The van der Waals surface area contributed by atoms with Crippen LogP contribution in [0.5, 0.6) is 0 Å². The summed E-state index contributed by atoms with van der Waals surface area (Å²) in [5, 5.41) is 1.08. The van der Waals surface area contributed by atoms with Crippen LogP contribution in [0.2, 0.25) is 0 Å². The minimum atomic E-state index is -3.87. The van der Waals surface area contributed by atoms with Crippen LogP contribution < -0.4 is 4.90 Å². The molecule has 1 aromatic heterocycles. The van der Waals surface area contributed by atoms with E-state index in [1.807, 2.05) is 6.07 Å². The largest absolute Gasteiger partial charge is 0.380 e. The molecule has 2 aromatic carbocycles. The second-order valence-corrected chi connectivity index (χ2v) is 11.9. The van der Waals surface area contributed by atoms with E-state index in [0.29, 0.717) is 13.1 Å². The van der Waals surface area contributed by atoms with E-state index in [2.05, 4.69) is 41.1 Å². The van der Waals surface area contributed by atoms with Crippen LogP contribution in [0, 0.1) is 6.92 Å². The van der Waals surface area contributed by atoms with Crippen molar-refractivity contribution in [3.05, 3.63) is 48.0 Å². The molecule has 0 radical (unpaired) electrons. The average molecular weight is 511 g/mol. The number of fused-ring (bicyclic) bond motifs is 1. The molecule has 0 spiro atoms. The molecule has 1 amide bonds. The smallest absolute Gasteiger partial charge is 0.243 e. The third-order valence-corrected chi connectivity index (χ3v) is 9.18. The zero-order valence-electron chi connectivity index (χ0n) is 21.2. The topological polar surface area (TPSA) is 85.9 Å². The molecular formula is C27H34N4O4S. The number of methoxy groups -OCH3 is 1. The zero-order valence-corrected chi connectivity index (χ0v) is 22.0. The van der Waals surface area contributed by atoms with Gasteiger partial charge in [0.15, 0.2) is 0 Å². The number of nitrogens with one attached hydrogen (secondary N) is 1. The van der Waals surface area contributed by atoms with Gasteiger partial charge in [0.25, 0.3) is 0 Å². The molecule has 36 heavy (non-hydrogen) atoms. The van der Waals surface area contributed by atoms with Crippen molar-refractivity contribution in [1.82, 2.24) is 14.2 Å². The van der Waals surface area contributed by atoms with Crippen molar-refractivity contribution in [2.45, 2.75) is 37.2 Å². The molecule has 192 valence electrons. The Balaban J connectivity index is 1.47. The molecule has 2 aliphatic rings. The number of aromatic nitrogens is 1. The molecule has 2 fully saturated rings. The van der Waals surface area contributed by atoms with Crippen LogP contribution in [0.3, 0.4) is 0 Å². The van der Waals surface area contributed by atoms with Gasteiger partial charge in [-0.15, -0.1) is 0 Å². The number of hydrogen-bond donors (Lipinski definition) is 1. The summed E-state index contributed by atoms with van der Waals surface area (Å²) < 4.78 is 33.6. The second-order valence-electron chi connectivity index (χ2n) is 9.89.